The van der Waals surface area contributed by atoms with Crippen LogP contribution >= 0.6 is 15.9 Å². The standard InChI is InChI=1S/C14H19BrN2O2/c15-12-5-6-13(17-8-12)9-16-7-10-1-3-11(4-2-10)14(18)19/h5-6,8,10-11,16H,1-4,7,9H2,(H,18,19). The van der Waals surface area contributed by atoms with Crippen molar-refractivity contribution in [2.45, 2.75) is 32.2 Å². The third kappa shape index (κ3) is 4.58. The smallest absolute Gasteiger partial charge is 0.306 e. The summed E-state index contributed by atoms with van der Waals surface area (Å²) in [5.74, 6) is -0.152. The minimum absolute atomic E-state index is 0.121. The van der Waals surface area contributed by atoms with Gasteiger partial charge in [0.05, 0.1) is 11.6 Å². The van der Waals surface area contributed by atoms with E-state index in [9.17, 15) is 4.79 Å². The molecule has 1 aliphatic carbocycles. The van der Waals surface area contributed by atoms with Crippen LogP contribution in [0.3, 0.4) is 0 Å². The molecule has 0 radical (unpaired) electrons. The molecule has 0 spiro atoms. The summed E-state index contributed by atoms with van der Waals surface area (Å²) in [6.07, 6.45) is 5.46. The fourth-order valence-electron chi connectivity index (χ4n) is 2.53. The number of carboxylic acids is 1. The summed E-state index contributed by atoms with van der Waals surface area (Å²) in [4.78, 5) is 15.2. The van der Waals surface area contributed by atoms with E-state index in [0.717, 1.165) is 48.9 Å². The molecule has 1 aromatic heterocycles. The maximum Gasteiger partial charge on any atom is 0.306 e. The Morgan fingerprint density at radius 1 is 1.37 bits per heavy atom. The molecular weight excluding hydrogens is 308 g/mol. The number of rotatable bonds is 5. The number of halogens is 1. The molecule has 5 heteroatoms. The molecule has 1 aromatic rings. The first-order valence-corrected chi connectivity index (χ1v) is 7.48. The van der Waals surface area contributed by atoms with Crippen LogP contribution in [0.15, 0.2) is 22.8 Å². The van der Waals surface area contributed by atoms with Gasteiger partial charge in [-0.3, -0.25) is 9.78 Å². The van der Waals surface area contributed by atoms with Gasteiger partial charge in [-0.2, -0.15) is 0 Å². The van der Waals surface area contributed by atoms with Crippen molar-refractivity contribution in [3.05, 3.63) is 28.5 Å². The van der Waals surface area contributed by atoms with Crippen LogP contribution in [0.25, 0.3) is 0 Å². The van der Waals surface area contributed by atoms with Gasteiger partial charge in [0, 0.05) is 17.2 Å². The molecule has 0 unspecified atom stereocenters. The first-order valence-electron chi connectivity index (χ1n) is 6.69. The van der Waals surface area contributed by atoms with Crippen LogP contribution in [0.5, 0.6) is 0 Å². The molecule has 2 rings (SSSR count). The average Bonchev–Trinajstić information content (AvgIpc) is 2.41. The molecule has 0 amide bonds. The fourth-order valence-corrected chi connectivity index (χ4v) is 2.76. The Hall–Kier alpha value is -0.940. The van der Waals surface area contributed by atoms with E-state index in [1.54, 1.807) is 6.20 Å². The van der Waals surface area contributed by atoms with Gasteiger partial charge in [-0.15, -0.1) is 0 Å². The Morgan fingerprint density at radius 2 is 2.11 bits per heavy atom. The largest absolute Gasteiger partial charge is 0.481 e. The van der Waals surface area contributed by atoms with Crippen LogP contribution < -0.4 is 5.32 Å². The summed E-state index contributed by atoms with van der Waals surface area (Å²) in [7, 11) is 0. The summed E-state index contributed by atoms with van der Waals surface area (Å²) >= 11 is 3.36. The van der Waals surface area contributed by atoms with Crippen LogP contribution in [0.1, 0.15) is 31.4 Å². The van der Waals surface area contributed by atoms with Crippen LogP contribution in [0.2, 0.25) is 0 Å². The second-order valence-corrected chi connectivity index (χ2v) is 6.07. The zero-order valence-corrected chi connectivity index (χ0v) is 12.4. The zero-order valence-electron chi connectivity index (χ0n) is 10.8. The first kappa shape index (κ1) is 14.5. The molecule has 0 saturated heterocycles. The van der Waals surface area contributed by atoms with Crippen LogP contribution in [-0.4, -0.2) is 22.6 Å². The second-order valence-electron chi connectivity index (χ2n) is 5.15. The van der Waals surface area contributed by atoms with Gasteiger partial charge in [0.2, 0.25) is 0 Å². The molecule has 19 heavy (non-hydrogen) atoms. The Balaban J connectivity index is 1.67. The summed E-state index contributed by atoms with van der Waals surface area (Å²) in [6, 6.07) is 3.99. The van der Waals surface area contributed by atoms with Gasteiger partial charge in [-0.25, -0.2) is 0 Å². The Bertz CT molecular complexity index is 414. The van der Waals surface area contributed by atoms with E-state index in [0.29, 0.717) is 5.92 Å². The number of pyridine rings is 1. The van der Waals surface area contributed by atoms with Gasteiger partial charge < -0.3 is 10.4 Å². The minimum Gasteiger partial charge on any atom is -0.481 e. The van der Waals surface area contributed by atoms with Crippen molar-refractivity contribution in [3.63, 3.8) is 0 Å². The number of hydrogen-bond donors (Lipinski definition) is 2. The normalized spacial score (nSPS) is 23.2. The van der Waals surface area contributed by atoms with Gasteiger partial charge in [0.15, 0.2) is 0 Å². The summed E-state index contributed by atoms with van der Waals surface area (Å²) in [5.41, 5.74) is 1.03. The number of carboxylic acid groups (broad SMARTS) is 1. The Morgan fingerprint density at radius 3 is 2.68 bits per heavy atom. The minimum atomic E-state index is -0.634. The van der Waals surface area contributed by atoms with Crippen LogP contribution in [0.4, 0.5) is 0 Å². The third-order valence-corrected chi connectivity index (χ3v) is 4.19. The van der Waals surface area contributed by atoms with E-state index in [1.165, 1.54) is 0 Å². The Labute approximate surface area is 121 Å². The Kier molecular flexibility index (Phi) is 5.34. The SMILES string of the molecule is O=C(O)C1CCC(CNCc2ccc(Br)cn2)CC1. The molecule has 0 aromatic carbocycles. The van der Waals surface area contributed by atoms with E-state index < -0.39 is 5.97 Å². The molecular formula is C14H19BrN2O2. The van der Waals surface area contributed by atoms with Crippen LogP contribution in [-0.2, 0) is 11.3 Å². The van der Waals surface area contributed by atoms with Crippen molar-refractivity contribution in [3.8, 4) is 0 Å². The zero-order chi connectivity index (χ0) is 13.7. The van der Waals surface area contributed by atoms with Crippen molar-refractivity contribution in [1.82, 2.24) is 10.3 Å². The molecule has 1 saturated carbocycles. The van der Waals surface area contributed by atoms with E-state index in [1.807, 2.05) is 12.1 Å². The number of nitrogens with zero attached hydrogens (tertiary/aromatic N) is 1. The van der Waals surface area contributed by atoms with E-state index in [4.69, 9.17) is 5.11 Å². The highest BCUT2D eigenvalue weighted by molar-refractivity contribution is 9.10. The van der Waals surface area contributed by atoms with Gasteiger partial charge in [0.1, 0.15) is 0 Å². The molecule has 1 aliphatic rings. The third-order valence-electron chi connectivity index (χ3n) is 3.72. The van der Waals surface area contributed by atoms with Crippen molar-refractivity contribution < 1.29 is 9.90 Å². The average molecular weight is 327 g/mol. The van der Waals surface area contributed by atoms with E-state index in [-0.39, 0.29) is 5.92 Å². The topological polar surface area (TPSA) is 62.2 Å². The number of carbonyl (C=O) groups is 1. The van der Waals surface area contributed by atoms with Crippen molar-refractivity contribution >= 4 is 21.9 Å². The quantitative estimate of drug-likeness (QED) is 0.873. The van der Waals surface area contributed by atoms with Gasteiger partial charge >= 0.3 is 5.97 Å². The summed E-state index contributed by atoms with van der Waals surface area (Å²) in [6.45, 7) is 1.72. The number of nitrogens with one attached hydrogen (secondary N) is 1. The fraction of sp³-hybridized carbons (Fsp3) is 0.571. The maximum absolute atomic E-state index is 10.9. The lowest BCUT2D eigenvalue weighted by Gasteiger charge is -2.26. The first-order chi connectivity index (χ1) is 9.15. The predicted octanol–water partition coefficient (Wildman–Crippen LogP) is 2.82. The van der Waals surface area contributed by atoms with E-state index >= 15 is 0 Å². The number of aliphatic carboxylic acids is 1. The van der Waals surface area contributed by atoms with Gasteiger partial charge in [-0.1, -0.05) is 0 Å². The molecule has 4 nitrogen and oxygen atoms in total. The highest BCUT2D eigenvalue weighted by Crippen LogP contribution is 2.28. The highest BCUT2D eigenvalue weighted by Gasteiger charge is 2.25. The summed E-state index contributed by atoms with van der Waals surface area (Å²) < 4.78 is 0.989. The summed E-state index contributed by atoms with van der Waals surface area (Å²) in [5, 5.41) is 12.4. The monoisotopic (exact) mass is 326 g/mol. The van der Waals surface area contributed by atoms with Crippen molar-refractivity contribution in [1.29, 1.82) is 0 Å². The molecule has 0 atom stereocenters. The number of hydrogen-bond acceptors (Lipinski definition) is 3. The molecule has 104 valence electrons. The highest BCUT2D eigenvalue weighted by atomic mass is 79.9. The molecule has 1 fully saturated rings. The van der Waals surface area contributed by atoms with Crippen LogP contribution in [0, 0.1) is 11.8 Å². The van der Waals surface area contributed by atoms with Crippen molar-refractivity contribution in [2.24, 2.45) is 11.8 Å². The second kappa shape index (κ2) is 7.01. The molecule has 0 aliphatic heterocycles. The maximum atomic E-state index is 10.9. The predicted molar refractivity (Wildman–Crippen MR) is 76.7 cm³/mol. The lowest BCUT2D eigenvalue weighted by molar-refractivity contribution is -0.143. The lowest BCUT2D eigenvalue weighted by Crippen LogP contribution is -2.28. The molecule has 0 bridgehead atoms. The lowest BCUT2D eigenvalue weighted by atomic mass is 9.82. The van der Waals surface area contributed by atoms with E-state index in [2.05, 4.69) is 26.2 Å². The molecule has 2 N–H and O–H groups in total. The van der Waals surface area contributed by atoms with Crippen molar-refractivity contribution in [2.75, 3.05) is 6.54 Å². The van der Waals surface area contributed by atoms with Gasteiger partial charge in [0.25, 0.3) is 0 Å². The molecule has 1 heterocycles. The number of aromatic nitrogens is 1. The van der Waals surface area contributed by atoms with Gasteiger partial charge in [-0.05, 0) is 66.2 Å².